The first-order valence-corrected chi connectivity index (χ1v) is 8.48. The third-order valence-corrected chi connectivity index (χ3v) is 4.63. The molecular weight excluding hydrogens is 348 g/mol. The van der Waals surface area contributed by atoms with Gasteiger partial charge in [0.1, 0.15) is 5.75 Å². The quantitative estimate of drug-likeness (QED) is 0.699. The lowest BCUT2D eigenvalue weighted by Gasteiger charge is -2.14. The van der Waals surface area contributed by atoms with E-state index in [9.17, 15) is 4.79 Å². The summed E-state index contributed by atoms with van der Waals surface area (Å²) in [5, 5.41) is 14.1. The second-order valence-corrected chi connectivity index (χ2v) is 6.40. The van der Waals surface area contributed by atoms with Crippen LogP contribution in [-0.2, 0) is 4.79 Å². The Morgan fingerprint density at radius 3 is 2.54 bits per heavy atom. The number of carbonyl (C=O) groups is 1. The minimum atomic E-state index is -0.354. The molecule has 0 aliphatic carbocycles. The zero-order valence-electron chi connectivity index (χ0n) is 14.4. The Labute approximate surface area is 157 Å². The van der Waals surface area contributed by atoms with Gasteiger partial charge in [-0.2, -0.15) is 5.26 Å². The SMILES string of the molecule is COc1ccc2cc(C(C)C(=O)Nc3ccc(C#N)cc3Cl)ccc2c1. The van der Waals surface area contributed by atoms with Crippen LogP contribution in [0.15, 0.2) is 54.6 Å². The Hall–Kier alpha value is -3.03. The number of hydrogen-bond acceptors (Lipinski definition) is 3. The van der Waals surface area contributed by atoms with Crippen LogP contribution < -0.4 is 10.1 Å². The van der Waals surface area contributed by atoms with Gasteiger partial charge in [-0.25, -0.2) is 0 Å². The van der Waals surface area contributed by atoms with Crippen LogP contribution in [0.1, 0.15) is 24.0 Å². The maximum absolute atomic E-state index is 12.6. The number of amides is 1. The van der Waals surface area contributed by atoms with Crippen molar-refractivity contribution in [3.05, 3.63) is 70.7 Å². The molecule has 1 amide bonds. The van der Waals surface area contributed by atoms with Gasteiger partial charge in [-0.05, 0) is 53.6 Å². The molecule has 1 unspecified atom stereocenters. The summed E-state index contributed by atoms with van der Waals surface area (Å²) in [4.78, 5) is 12.6. The minimum Gasteiger partial charge on any atom is -0.497 e. The number of ether oxygens (including phenoxy) is 1. The number of nitrogens with one attached hydrogen (secondary N) is 1. The third kappa shape index (κ3) is 3.63. The predicted molar refractivity (Wildman–Crippen MR) is 104 cm³/mol. The highest BCUT2D eigenvalue weighted by Crippen LogP contribution is 2.27. The Morgan fingerprint density at radius 2 is 1.85 bits per heavy atom. The summed E-state index contributed by atoms with van der Waals surface area (Å²) in [5.74, 6) is 0.282. The van der Waals surface area contributed by atoms with Crippen LogP contribution in [0.25, 0.3) is 10.8 Å². The fourth-order valence-electron chi connectivity index (χ4n) is 2.72. The van der Waals surface area contributed by atoms with Gasteiger partial charge in [0, 0.05) is 0 Å². The molecule has 0 saturated carbocycles. The zero-order valence-corrected chi connectivity index (χ0v) is 15.2. The molecule has 3 aromatic carbocycles. The molecule has 26 heavy (non-hydrogen) atoms. The van der Waals surface area contributed by atoms with E-state index in [4.69, 9.17) is 21.6 Å². The van der Waals surface area contributed by atoms with Crippen molar-refractivity contribution in [2.24, 2.45) is 0 Å². The summed E-state index contributed by atoms with van der Waals surface area (Å²) in [7, 11) is 1.64. The van der Waals surface area contributed by atoms with Crippen LogP contribution in [0.2, 0.25) is 5.02 Å². The fraction of sp³-hybridized carbons (Fsp3) is 0.143. The van der Waals surface area contributed by atoms with Crippen LogP contribution >= 0.6 is 11.6 Å². The van der Waals surface area contributed by atoms with Gasteiger partial charge in [0.05, 0.1) is 35.4 Å². The maximum atomic E-state index is 12.6. The summed E-state index contributed by atoms with van der Waals surface area (Å²) in [5.41, 5.74) is 1.85. The molecule has 4 nitrogen and oxygen atoms in total. The molecule has 0 fully saturated rings. The van der Waals surface area contributed by atoms with Gasteiger partial charge >= 0.3 is 0 Å². The summed E-state index contributed by atoms with van der Waals surface area (Å²) in [6.45, 7) is 1.84. The number of hydrogen-bond donors (Lipinski definition) is 1. The topological polar surface area (TPSA) is 62.1 Å². The second kappa shape index (κ2) is 7.47. The Balaban J connectivity index is 1.82. The van der Waals surface area contributed by atoms with Crippen molar-refractivity contribution in [1.29, 1.82) is 5.26 Å². The van der Waals surface area contributed by atoms with Crippen molar-refractivity contribution in [3.8, 4) is 11.8 Å². The predicted octanol–water partition coefficient (Wildman–Crippen LogP) is 5.12. The highest BCUT2D eigenvalue weighted by molar-refractivity contribution is 6.33. The summed E-state index contributed by atoms with van der Waals surface area (Å²) < 4.78 is 5.24. The highest BCUT2D eigenvalue weighted by atomic mass is 35.5. The molecule has 0 aromatic heterocycles. The standard InChI is InChI=1S/C21H17ClN2O2/c1-13(21(25)24-20-8-3-14(12-23)9-19(20)22)15-4-5-17-11-18(26-2)7-6-16(17)10-15/h3-11,13H,1-2H3,(H,24,25). The molecular formula is C21H17ClN2O2. The van der Waals surface area contributed by atoms with Crippen molar-refractivity contribution < 1.29 is 9.53 Å². The Morgan fingerprint density at radius 1 is 1.12 bits per heavy atom. The fourth-order valence-corrected chi connectivity index (χ4v) is 2.94. The van der Waals surface area contributed by atoms with E-state index in [-0.39, 0.29) is 11.8 Å². The number of methoxy groups -OCH3 is 1. The van der Waals surface area contributed by atoms with E-state index in [1.807, 2.05) is 49.4 Å². The molecule has 0 radical (unpaired) electrons. The number of carbonyl (C=O) groups excluding carboxylic acids is 1. The van der Waals surface area contributed by atoms with Crippen molar-refractivity contribution in [1.82, 2.24) is 0 Å². The lowest BCUT2D eigenvalue weighted by atomic mass is 9.97. The Kier molecular flexibility index (Phi) is 5.11. The Bertz CT molecular complexity index is 1020. The smallest absolute Gasteiger partial charge is 0.231 e. The van der Waals surface area contributed by atoms with Gasteiger partial charge in [-0.15, -0.1) is 0 Å². The van der Waals surface area contributed by atoms with Crippen LogP contribution in [0.5, 0.6) is 5.75 Å². The molecule has 3 rings (SSSR count). The molecule has 130 valence electrons. The second-order valence-electron chi connectivity index (χ2n) is 5.99. The molecule has 0 aliphatic heterocycles. The minimum absolute atomic E-state index is 0.163. The van der Waals surface area contributed by atoms with Crippen LogP contribution in [0, 0.1) is 11.3 Å². The van der Waals surface area contributed by atoms with E-state index in [1.54, 1.807) is 19.2 Å². The van der Waals surface area contributed by atoms with Crippen molar-refractivity contribution in [2.75, 3.05) is 12.4 Å². The van der Waals surface area contributed by atoms with Crippen LogP contribution in [-0.4, -0.2) is 13.0 Å². The lowest BCUT2D eigenvalue weighted by molar-refractivity contribution is -0.117. The van der Waals surface area contributed by atoms with Gasteiger partial charge in [0.25, 0.3) is 0 Å². The average molecular weight is 365 g/mol. The van der Waals surface area contributed by atoms with Crippen molar-refractivity contribution >= 4 is 34.0 Å². The molecule has 1 atom stereocenters. The summed E-state index contributed by atoms with van der Waals surface area (Å²) in [6.07, 6.45) is 0. The van der Waals surface area contributed by atoms with E-state index in [0.717, 1.165) is 22.1 Å². The first kappa shape index (κ1) is 17.8. The number of fused-ring (bicyclic) bond motifs is 1. The van der Waals surface area contributed by atoms with Gasteiger partial charge in [0.15, 0.2) is 0 Å². The first-order valence-electron chi connectivity index (χ1n) is 8.10. The normalized spacial score (nSPS) is 11.6. The van der Waals surface area contributed by atoms with E-state index in [0.29, 0.717) is 16.3 Å². The molecule has 1 N–H and O–H groups in total. The first-order chi connectivity index (χ1) is 12.5. The number of nitriles is 1. The molecule has 0 spiro atoms. The summed E-state index contributed by atoms with van der Waals surface area (Å²) >= 11 is 6.13. The lowest BCUT2D eigenvalue weighted by Crippen LogP contribution is -2.19. The van der Waals surface area contributed by atoms with Gasteiger partial charge in [-0.1, -0.05) is 35.9 Å². The van der Waals surface area contributed by atoms with Crippen molar-refractivity contribution in [3.63, 3.8) is 0 Å². The third-order valence-electron chi connectivity index (χ3n) is 4.32. The van der Waals surface area contributed by atoms with Crippen molar-refractivity contribution in [2.45, 2.75) is 12.8 Å². The maximum Gasteiger partial charge on any atom is 0.231 e. The van der Waals surface area contributed by atoms with E-state index in [1.165, 1.54) is 6.07 Å². The number of anilines is 1. The largest absolute Gasteiger partial charge is 0.497 e. The molecule has 0 aliphatic rings. The number of benzene rings is 3. The van der Waals surface area contributed by atoms with E-state index >= 15 is 0 Å². The van der Waals surface area contributed by atoms with Gasteiger partial charge in [0.2, 0.25) is 5.91 Å². The van der Waals surface area contributed by atoms with Gasteiger partial charge in [-0.3, -0.25) is 4.79 Å². The number of nitrogens with zero attached hydrogens (tertiary/aromatic N) is 1. The number of halogens is 1. The molecule has 5 heteroatoms. The summed E-state index contributed by atoms with van der Waals surface area (Å²) in [6, 6.07) is 18.5. The van der Waals surface area contributed by atoms with Crippen LogP contribution in [0.4, 0.5) is 5.69 Å². The van der Waals surface area contributed by atoms with Gasteiger partial charge < -0.3 is 10.1 Å². The average Bonchev–Trinajstić information content (AvgIpc) is 2.67. The zero-order chi connectivity index (χ0) is 18.7. The van der Waals surface area contributed by atoms with Crippen LogP contribution in [0.3, 0.4) is 0 Å². The molecule has 0 saturated heterocycles. The molecule has 3 aromatic rings. The van der Waals surface area contributed by atoms with E-state index < -0.39 is 0 Å². The molecule has 0 heterocycles. The highest BCUT2D eigenvalue weighted by Gasteiger charge is 2.17. The monoisotopic (exact) mass is 364 g/mol. The molecule has 0 bridgehead atoms. The number of rotatable bonds is 4. The van der Waals surface area contributed by atoms with E-state index in [2.05, 4.69) is 5.32 Å².